The minimum Gasteiger partial charge on any atom is -0.479 e. The number of aromatic nitrogens is 2. The second-order valence-electron chi connectivity index (χ2n) is 6.06. The Balaban J connectivity index is 2.39. The van der Waals surface area contributed by atoms with Gasteiger partial charge < -0.3 is 10.4 Å². The molecule has 2 N–H and O–H groups in total. The van der Waals surface area contributed by atoms with Gasteiger partial charge in [-0.05, 0) is 23.6 Å². The first-order chi connectivity index (χ1) is 12.0. The number of hydrogen-bond acceptors (Lipinski definition) is 3. The summed E-state index contributed by atoms with van der Waals surface area (Å²) in [5, 5.41) is 15.7. The molecule has 2 rings (SSSR count). The summed E-state index contributed by atoms with van der Waals surface area (Å²) in [4.78, 5) is 24.0. The van der Waals surface area contributed by atoms with Gasteiger partial charge in [-0.2, -0.15) is 18.3 Å². The van der Waals surface area contributed by atoms with Crippen molar-refractivity contribution in [2.45, 2.75) is 32.0 Å². The first-order valence-corrected chi connectivity index (χ1v) is 7.76. The molecule has 9 heteroatoms. The molecule has 0 spiro atoms. The van der Waals surface area contributed by atoms with Crippen LogP contribution in [0.2, 0.25) is 0 Å². The number of benzene rings is 1. The van der Waals surface area contributed by atoms with Crippen molar-refractivity contribution in [1.29, 1.82) is 0 Å². The Morgan fingerprint density at radius 2 is 1.85 bits per heavy atom. The summed E-state index contributed by atoms with van der Waals surface area (Å²) in [7, 11) is 1.50. The lowest BCUT2D eigenvalue weighted by Crippen LogP contribution is -2.36. The number of aliphatic carboxylic acids is 1. The molecule has 0 bridgehead atoms. The molecule has 6 nitrogen and oxygen atoms in total. The quantitative estimate of drug-likeness (QED) is 0.848. The van der Waals surface area contributed by atoms with Crippen molar-refractivity contribution < 1.29 is 27.9 Å². The van der Waals surface area contributed by atoms with E-state index in [0.29, 0.717) is 5.69 Å². The Bertz CT molecular complexity index is 828. The Morgan fingerprint density at radius 3 is 2.35 bits per heavy atom. The molecule has 1 atom stereocenters. The van der Waals surface area contributed by atoms with Crippen LogP contribution >= 0.6 is 0 Å². The highest BCUT2D eigenvalue weighted by Gasteiger charge is 2.37. The number of aryl methyl sites for hydroxylation is 1. The van der Waals surface area contributed by atoms with Gasteiger partial charge >= 0.3 is 12.1 Å². The van der Waals surface area contributed by atoms with E-state index in [1.165, 1.54) is 23.9 Å². The van der Waals surface area contributed by atoms with Crippen molar-refractivity contribution in [2.75, 3.05) is 0 Å². The van der Waals surface area contributed by atoms with Crippen LogP contribution in [0.3, 0.4) is 0 Å². The van der Waals surface area contributed by atoms with Crippen LogP contribution < -0.4 is 5.32 Å². The monoisotopic (exact) mass is 369 g/mol. The van der Waals surface area contributed by atoms with Gasteiger partial charge in [-0.3, -0.25) is 9.48 Å². The van der Waals surface area contributed by atoms with E-state index in [1.54, 1.807) is 0 Å². The van der Waals surface area contributed by atoms with E-state index < -0.39 is 35.2 Å². The van der Waals surface area contributed by atoms with Gasteiger partial charge in [-0.1, -0.05) is 32.0 Å². The highest BCUT2D eigenvalue weighted by Crippen LogP contribution is 2.34. The van der Waals surface area contributed by atoms with E-state index in [4.69, 9.17) is 0 Å². The fraction of sp³-hybridized carbons (Fsp3) is 0.353. The average Bonchev–Trinajstić information content (AvgIpc) is 2.93. The van der Waals surface area contributed by atoms with Gasteiger partial charge in [0.05, 0.1) is 11.3 Å². The van der Waals surface area contributed by atoms with Gasteiger partial charge in [0.2, 0.25) is 0 Å². The molecule has 1 aromatic carbocycles. The normalized spacial score (nSPS) is 12.9. The van der Waals surface area contributed by atoms with E-state index in [1.807, 2.05) is 13.8 Å². The van der Waals surface area contributed by atoms with Crippen LogP contribution in [-0.4, -0.2) is 26.8 Å². The zero-order chi connectivity index (χ0) is 19.6. The molecule has 0 radical (unpaired) electrons. The van der Waals surface area contributed by atoms with Crippen molar-refractivity contribution in [2.24, 2.45) is 7.05 Å². The van der Waals surface area contributed by atoms with Gasteiger partial charge in [0.1, 0.15) is 5.69 Å². The first kappa shape index (κ1) is 19.5. The molecule has 0 unspecified atom stereocenters. The first-order valence-electron chi connectivity index (χ1n) is 7.76. The third kappa shape index (κ3) is 4.04. The van der Waals surface area contributed by atoms with E-state index in [0.717, 1.165) is 18.2 Å². The third-order valence-corrected chi connectivity index (χ3v) is 3.82. The molecule has 140 valence electrons. The zero-order valence-electron chi connectivity index (χ0n) is 14.3. The number of carbonyl (C=O) groups excluding carboxylic acids is 1. The van der Waals surface area contributed by atoms with Crippen LogP contribution in [0, 0.1) is 0 Å². The smallest absolute Gasteiger partial charge is 0.416 e. The molecule has 0 aliphatic carbocycles. The average molecular weight is 369 g/mol. The summed E-state index contributed by atoms with van der Waals surface area (Å²) in [6.45, 7) is 3.73. The molecule has 0 aliphatic heterocycles. The number of nitrogens with one attached hydrogen (secondary N) is 1. The van der Waals surface area contributed by atoms with Gasteiger partial charge in [-0.25, -0.2) is 4.79 Å². The highest BCUT2D eigenvalue weighted by atomic mass is 19.4. The predicted molar refractivity (Wildman–Crippen MR) is 86.6 cm³/mol. The largest absolute Gasteiger partial charge is 0.479 e. The van der Waals surface area contributed by atoms with Gasteiger partial charge in [-0.15, -0.1) is 0 Å². The van der Waals surface area contributed by atoms with Crippen LogP contribution in [0.4, 0.5) is 13.2 Å². The van der Waals surface area contributed by atoms with Gasteiger partial charge in [0, 0.05) is 7.05 Å². The predicted octanol–water partition coefficient (Wildman–Crippen LogP) is 3.12. The number of carboxylic acid groups (broad SMARTS) is 1. The van der Waals surface area contributed by atoms with E-state index in [2.05, 4.69) is 10.4 Å². The highest BCUT2D eigenvalue weighted by molar-refractivity contribution is 5.95. The lowest BCUT2D eigenvalue weighted by Gasteiger charge is -2.19. The van der Waals surface area contributed by atoms with Crippen LogP contribution in [0.1, 0.15) is 53.1 Å². The summed E-state index contributed by atoms with van der Waals surface area (Å²) >= 11 is 0. The number of carboxylic acids is 1. The zero-order valence-corrected chi connectivity index (χ0v) is 14.3. The topological polar surface area (TPSA) is 84.2 Å². The fourth-order valence-electron chi connectivity index (χ4n) is 2.47. The Morgan fingerprint density at radius 1 is 1.23 bits per heavy atom. The fourth-order valence-corrected chi connectivity index (χ4v) is 2.47. The lowest BCUT2D eigenvalue weighted by atomic mass is 9.99. The minimum atomic E-state index is -4.74. The van der Waals surface area contributed by atoms with E-state index in [9.17, 15) is 27.9 Å². The van der Waals surface area contributed by atoms with Crippen LogP contribution in [0.25, 0.3) is 0 Å². The summed E-state index contributed by atoms with van der Waals surface area (Å²) in [5.41, 5.74) is -0.975. The molecule has 0 aliphatic rings. The Hall–Kier alpha value is -2.84. The second-order valence-corrected chi connectivity index (χ2v) is 6.06. The number of alkyl halides is 3. The summed E-state index contributed by atoms with van der Waals surface area (Å²) in [6, 6.07) is 3.88. The van der Waals surface area contributed by atoms with Gasteiger partial charge in [0.25, 0.3) is 5.91 Å². The van der Waals surface area contributed by atoms with Gasteiger partial charge in [0.15, 0.2) is 6.04 Å². The standard InChI is InChI=1S/C17H18F3N3O3/c1-9(2)12-8-13(23(3)22-12)15(24)21-14(16(25)26)10-6-4-5-7-11(10)17(18,19)20/h4-9,14H,1-3H3,(H,21,24)(H,25,26)/t14-/m0/s1. The summed E-state index contributed by atoms with van der Waals surface area (Å²) in [5.74, 6) is -2.39. The molecule has 1 amide bonds. The number of nitrogens with zero attached hydrogens (tertiary/aromatic N) is 2. The second kappa shape index (κ2) is 7.19. The lowest BCUT2D eigenvalue weighted by molar-refractivity contribution is -0.142. The number of rotatable bonds is 5. The SMILES string of the molecule is CC(C)c1cc(C(=O)N[C@H](C(=O)O)c2ccccc2C(F)(F)F)n(C)n1. The molecule has 26 heavy (non-hydrogen) atoms. The number of halogens is 3. The van der Waals surface area contributed by atoms with E-state index in [-0.39, 0.29) is 11.6 Å². The number of carbonyl (C=O) groups is 2. The van der Waals surface area contributed by atoms with Crippen molar-refractivity contribution in [1.82, 2.24) is 15.1 Å². The van der Waals surface area contributed by atoms with Crippen molar-refractivity contribution in [3.05, 3.63) is 52.8 Å². The van der Waals surface area contributed by atoms with Crippen LogP contribution in [-0.2, 0) is 18.0 Å². The minimum absolute atomic E-state index is 0.0315. The maximum Gasteiger partial charge on any atom is 0.416 e. The van der Waals surface area contributed by atoms with Crippen molar-refractivity contribution >= 4 is 11.9 Å². The number of amides is 1. The Kier molecular flexibility index (Phi) is 5.38. The van der Waals surface area contributed by atoms with Crippen molar-refractivity contribution in [3.63, 3.8) is 0 Å². The van der Waals surface area contributed by atoms with E-state index >= 15 is 0 Å². The third-order valence-electron chi connectivity index (χ3n) is 3.82. The number of hydrogen-bond donors (Lipinski definition) is 2. The van der Waals surface area contributed by atoms with Crippen molar-refractivity contribution in [3.8, 4) is 0 Å². The molecule has 0 fully saturated rings. The Labute approximate surface area is 147 Å². The maximum absolute atomic E-state index is 13.2. The molecular formula is C17H18F3N3O3. The molecule has 2 aromatic rings. The molecular weight excluding hydrogens is 351 g/mol. The molecule has 1 heterocycles. The summed E-state index contributed by atoms with van der Waals surface area (Å²) in [6.07, 6.45) is -4.74. The van der Waals surface area contributed by atoms with Crippen LogP contribution in [0.5, 0.6) is 0 Å². The maximum atomic E-state index is 13.2. The molecule has 0 saturated heterocycles. The molecule has 1 aromatic heterocycles. The summed E-state index contributed by atoms with van der Waals surface area (Å²) < 4.78 is 40.8. The van der Waals surface area contributed by atoms with Crippen LogP contribution in [0.15, 0.2) is 30.3 Å². The molecule has 0 saturated carbocycles.